The average Bonchev–Trinajstić information content (AvgIpc) is 2.57. The summed E-state index contributed by atoms with van der Waals surface area (Å²) in [5.41, 5.74) is 3.55. The lowest BCUT2D eigenvalue weighted by atomic mass is 10.0. The maximum Gasteiger partial charge on any atom is 0.126 e. The molecule has 0 bridgehead atoms. The predicted molar refractivity (Wildman–Crippen MR) is 104 cm³/mol. The second-order valence-corrected chi connectivity index (χ2v) is 6.54. The Hall–Kier alpha value is -1.68. The molecule has 0 radical (unpaired) electrons. The quantitative estimate of drug-likeness (QED) is 0.564. The molecular formula is C20H26BrNO2. The van der Waals surface area contributed by atoms with E-state index in [0.717, 1.165) is 46.6 Å². The van der Waals surface area contributed by atoms with Gasteiger partial charge in [0.05, 0.1) is 13.2 Å². The molecule has 2 aromatic carbocycles. The number of aryl methyl sites for hydroxylation is 2. The van der Waals surface area contributed by atoms with Gasteiger partial charge < -0.3 is 14.8 Å². The molecule has 0 amide bonds. The summed E-state index contributed by atoms with van der Waals surface area (Å²) in [5.74, 6) is 1.85. The molecule has 4 heteroatoms. The van der Waals surface area contributed by atoms with Crippen LogP contribution in [0.15, 0.2) is 40.9 Å². The lowest BCUT2D eigenvalue weighted by Crippen LogP contribution is -2.05. The molecule has 0 atom stereocenters. The minimum absolute atomic E-state index is 0.665. The zero-order valence-corrected chi connectivity index (χ0v) is 16.3. The maximum absolute atomic E-state index is 5.80. The van der Waals surface area contributed by atoms with E-state index in [1.165, 1.54) is 5.56 Å². The highest BCUT2D eigenvalue weighted by Crippen LogP contribution is 2.30. The first-order valence-electron chi connectivity index (χ1n) is 8.52. The monoisotopic (exact) mass is 391 g/mol. The van der Waals surface area contributed by atoms with E-state index in [9.17, 15) is 0 Å². The minimum Gasteiger partial charge on any atom is -0.493 e. The molecule has 0 aliphatic rings. The Kier molecular flexibility index (Phi) is 7.44. The van der Waals surface area contributed by atoms with Crippen LogP contribution in [0.3, 0.4) is 0 Å². The molecule has 130 valence electrons. The molecule has 0 fully saturated rings. The second kappa shape index (κ2) is 9.58. The van der Waals surface area contributed by atoms with Crippen LogP contribution in [-0.2, 0) is 6.42 Å². The number of nitrogens with one attached hydrogen (secondary N) is 1. The fraction of sp³-hybridized carbons (Fsp3) is 0.400. The van der Waals surface area contributed by atoms with Crippen molar-refractivity contribution in [3.8, 4) is 11.5 Å². The van der Waals surface area contributed by atoms with Crippen molar-refractivity contribution < 1.29 is 9.47 Å². The number of hydrogen-bond acceptors (Lipinski definition) is 3. The molecule has 3 nitrogen and oxygen atoms in total. The van der Waals surface area contributed by atoms with Gasteiger partial charge in [0, 0.05) is 22.8 Å². The van der Waals surface area contributed by atoms with Gasteiger partial charge in [-0.05, 0) is 75.1 Å². The summed E-state index contributed by atoms with van der Waals surface area (Å²) in [5, 5.41) is 3.45. The van der Waals surface area contributed by atoms with Crippen LogP contribution in [-0.4, -0.2) is 19.8 Å². The summed E-state index contributed by atoms with van der Waals surface area (Å²) in [4.78, 5) is 0. The largest absolute Gasteiger partial charge is 0.493 e. The molecule has 0 aromatic heterocycles. The second-order valence-electron chi connectivity index (χ2n) is 5.63. The van der Waals surface area contributed by atoms with E-state index < -0.39 is 0 Å². The summed E-state index contributed by atoms with van der Waals surface area (Å²) >= 11 is 3.45. The highest BCUT2D eigenvalue weighted by molar-refractivity contribution is 9.10. The number of rotatable bonds is 9. The number of hydrogen-bond donors (Lipinski definition) is 1. The fourth-order valence-corrected chi connectivity index (χ4v) is 2.87. The summed E-state index contributed by atoms with van der Waals surface area (Å²) in [6.45, 7) is 8.37. The van der Waals surface area contributed by atoms with E-state index in [-0.39, 0.29) is 0 Å². The normalized spacial score (nSPS) is 10.5. The van der Waals surface area contributed by atoms with E-state index in [1.54, 1.807) is 0 Å². The average molecular weight is 392 g/mol. The standard InChI is InChI=1S/C20H26BrNO2/c1-4-23-19-14-20(24-5-2)16(13-15(19)3)7-6-12-22-18-10-8-17(21)9-11-18/h8-11,13-14,22H,4-7,12H2,1-3H3. The van der Waals surface area contributed by atoms with Crippen molar-refractivity contribution in [2.75, 3.05) is 25.1 Å². The molecule has 0 spiro atoms. The van der Waals surface area contributed by atoms with Crippen LogP contribution in [0.1, 0.15) is 31.4 Å². The van der Waals surface area contributed by atoms with Crippen LogP contribution >= 0.6 is 15.9 Å². The van der Waals surface area contributed by atoms with Crippen LogP contribution in [0.5, 0.6) is 11.5 Å². The predicted octanol–water partition coefficient (Wildman–Crippen LogP) is 5.60. The van der Waals surface area contributed by atoms with Gasteiger partial charge in [-0.15, -0.1) is 0 Å². The smallest absolute Gasteiger partial charge is 0.126 e. The molecule has 1 N–H and O–H groups in total. The first-order valence-corrected chi connectivity index (χ1v) is 9.31. The SMILES string of the molecule is CCOc1cc(OCC)c(CCCNc2ccc(Br)cc2)cc1C. The molecule has 0 aliphatic heterocycles. The number of benzene rings is 2. The Bertz CT molecular complexity index is 641. The van der Waals surface area contributed by atoms with Gasteiger partial charge in [0.15, 0.2) is 0 Å². The minimum atomic E-state index is 0.665. The molecule has 2 rings (SSSR count). The van der Waals surface area contributed by atoms with E-state index >= 15 is 0 Å². The lowest BCUT2D eigenvalue weighted by Gasteiger charge is -2.15. The van der Waals surface area contributed by atoms with Crippen molar-refractivity contribution in [2.45, 2.75) is 33.6 Å². The lowest BCUT2D eigenvalue weighted by molar-refractivity contribution is 0.319. The summed E-state index contributed by atoms with van der Waals surface area (Å²) in [7, 11) is 0. The third kappa shape index (κ3) is 5.45. The molecule has 0 saturated carbocycles. The third-order valence-electron chi connectivity index (χ3n) is 3.75. The fourth-order valence-electron chi connectivity index (χ4n) is 2.60. The van der Waals surface area contributed by atoms with Crippen LogP contribution in [0, 0.1) is 6.92 Å². The Morgan fingerprint density at radius 2 is 1.62 bits per heavy atom. The van der Waals surface area contributed by atoms with Gasteiger partial charge in [-0.2, -0.15) is 0 Å². The Balaban J connectivity index is 1.95. The van der Waals surface area contributed by atoms with Gasteiger partial charge in [-0.25, -0.2) is 0 Å². The van der Waals surface area contributed by atoms with Gasteiger partial charge in [-0.1, -0.05) is 15.9 Å². The van der Waals surface area contributed by atoms with Crippen molar-refractivity contribution in [3.63, 3.8) is 0 Å². The van der Waals surface area contributed by atoms with Gasteiger partial charge in [0.1, 0.15) is 11.5 Å². The zero-order valence-electron chi connectivity index (χ0n) is 14.7. The summed E-state index contributed by atoms with van der Waals surface area (Å²) in [6, 6.07) is 12.5. The van der Waals surface area contributed by atoms with Crippen LogP contribution in [0.4, 0.5) is 5.69 Å². The molecule has 0 heterocycles. The molecule has 0 unspecified atom stereocenters. The molecule has 24 heavy (non-hydrogen) atoms. The van der Waals surface area contributed by atoms with Crippen LogP contribution in [0.25, 0.3) is 0 Å². The van der Waals surface area contributed by atoms with Crippen molar-refractivity contribution in [3.05, 3.63) is 52.0 Å². The van der Waals surface area contributed by atoms with E-state index in [1.807, 2.05) is 32.0 Å². The first kappa shape index (κ1) is 18.7. The van der Waals surface area contributed by atoms with Crippen molar-refractivity contribution in [2.24, 2.45) is 0 Å². The number of halogens is 1. The van der Waals surface area contributed by atoms with E-state index in [2.05, 4.69) is 46.4 Å². The summed E-state index contributed by atoms with van der Waals surface area (Å²) < 4.78 is 12.6. The van der Waals surface area contributed by atoms with Gasteiger partial charge in [-0.3, -0.25) is 0 Å². The molecule has 0 saturated heterocycles. The van der Waals surface area contributed by atoms with Crippen molar-refractivity contribution in [1.82, 2.24) is 0 Å². The zero-order chi connectivity index (χ0) is 17.4. The molecule has 0 aliphatic carbocycles. The maximum atomic E-state index is 5.80. The number of ether oxygens (including phenoxy) is 2. The Morgan fingerprint density at radius 3 is 2.29 bits per heavy atom. The molecular weight excluding hydrogens is 366 g/mol. The van der Waals surface area contributed by atoms with Crippen LogP contribution < -0.4 is 14.8 Å². The summed E-state index contributed by atoms with van der Waals surface area (Å²) in [6.07, 6.45) is 2.02. The third-order valence-corrected chi connectivity index (χ3v) is 4.28. The van der Waals surface area contributed by atoms with Crippen molar-refractivity contribution >= 4 is 21.6 Å². The van der Waals surface area contributed by atoms with E-state index in [4.69, 9.17) is 9.47 Å². The van der Waals surface area contributed by atoms with Crippen molar-refractivity contribution in [1.29, 1.82) is 0 Å². The Morgan fingerprint density at radius 1 is 0.958 bits per heavy atom. The topological polar surface area (TPSA) is 30.5 Å². The highest BCUT2D eigenvalue weighted by Gasteiger charge is 2.09. The molecule has 2 aromatic rings. The first-order chi connectivity index (χ1) is 11.6. The van der Waals surface area contributed by atoms with Gasteiger partial charge in [0.2, 0.25) is 0 Å². The van der Waals surface area contributed by atoms with Crippen LogP contribution in [0.2, 0.25) is 0 Å². The van der Waals surface area contributed by atoms with E-state index in [0.29, 0.717) is 13.2 Å². The highest BCUT2D eigenvalue weighted by atomic mass is 79.9. The van der Waals surface area contributed by atoms with Gasteiger partial charge in [0.25, 0.3) is 0 Å². The van der Waals surface area contributed by atoms with Gasteiger partial charge >= 0.3 is 0 Å². The Labute approximate surface area is 153 Å². The number of anilines is 1.